The summed E-state index contributed by atoms with van der Waals surface area (Å²) in [6.07, 6.45) is 39.9. The summed E-state index contributed by atoms with van der Waals surface area (Å²) in [5.74, 6) is 2.54. The molecule has 40 heavy (non-hydrogen) atoms. The average molecular weight is 547 g/mol. The van der Waals surface area contributed by atoms with Gasteiger partial charge in [0.15, 0.2) is 0 Å². The maximum absolute atomic E-state index is 2.44. The van der Waals surface area contributed by atoms with Crippen molar-refractivity contribution in [2.45, 2.75) is 133 Å². The molecule has 0 aliphatic carbocycles. The van der Waals surface area contributed by atoms with E-state index in [-0.39, 0.29) is 0 Å². The molecule has 0 aliphatic heterocycles. The molecule has 0 spiro atoms. The summed E-state index contributed by atoms with van der Waals surface area (Å²) in [5, 5.41) is 0. The van der Waals surface area contributed by atoms with E-state index >= 15 is 0 Å². The van der Waals surface area contributed by atoms with Gasteiger partial charge >= 0.3 is 0 Å². The molecule has 0 aromatic rings. The van der Waals surface area contributed by atoms with Gasteiger partial charge in [-0.15, -0.1) is 0 Å². The lowest BCUT2D eigenvalue weighted by atomic mass is 9.97. The van der Waals surface area contributed by atoms with Gasteiger partial charge in [0.05, 0.1) is 0 Å². The van der Waals surface area contributed by atoms with Crippen molar-refractivity contribution in [3.63, 3.8) is 0 Å². The molecule has 0 fully saturated rings. The minimum absolute atomic E-state index is 0.449. The summed E-state index contributed by atoms with van der Waals surface area (Å²) in [5.41, 5.74) is 5.88. The highest BCUT2D eigenvalue weighted by atomic mass is 14.1. The summed E-state index contributed by atoms with van der Waals surface area (Å²) in [4.78, 5) is 0. The molecule has 0 aromatic carbocycles. The highest BCUT2D eigenvalue weighted by molar-refractivity contribution is 5.15. The second-order valence-electron chi connectivity index (χ2n) is 13.0. The Kier molecular flexibility index (Phi) is 23.4. The summed E-state index contributed by atoms with van der Waals surface area (Å²) < 4.78 is 0. The van der Waals surface area contributed by atoms with Crippen molar-refractivity contribution in [3.05, 3.63) is 95.2 Å². The molecule has 0 aliphatic rings. The molecule has 0 bridgehead atoms. The molecular weight excluding hydrogens is 480 g/mol. The molecule has 0 saturated carbocycles. The van der Waals surface area contributed by atoms with E-state index in [1.165, 1.54) is 55.2 Å². The molecule has 0 heterocycles. The predicted octanol–water partition coefficient (Wildman–Crippen LogP) is 13.5. The van der Waals surface area contributed by atoms with Crippen molar-refractivity contribution in [1.82, 2.24) is 0 Å². The van der Waals surface area contributed by atoms with Gasteiger partial charge in [0.25, 0.3) is 0 Å². The van der Waals surface area contributed by atoms with Gasteiger partial charge in [0.1, 0.15) is 0 Å². The van der Waals surface area contributed by atoms with E-state index in [2.05, 4.69) is 142 Å². The lowest BCUT2D eigenvalue weighted by Crippen LogP contribution is -1.94. The topological polar surface area (TPSA) is 0 Å². The number of hydrogen-bond acceptors (Lipinski definition) is 0. The Morgan fingerprint density at radius 3 is 1.57 bits per heavy atom. The van der Waals surface area contributed by atoms with Crippen molar-refractivity contribution < 1.29 is 0 Å². The van der Waals surface area contributed by atoms with E-state index in [4.69, 9.17) is 0 Å². The third kappa shape index (κ3) is 26.2. The van der Waals surface area contributed by atoms with E-state index in [1.54, 1.807) is 5.57 Å². The van der Waals surface area contributed by atoms with Crippen LogP contribution in [-0.4, -0.2) is 0 Å². The van der Waals surface area contributed by atoms with Gasteiger partial charge in [0.2, 0.25) is 0 Å². The van der Waals surface area contributed by atoms with Gasteiger partial charge in [-0.1, -0.05) is 143 Å². The first-order valence-corrected chi connectivity index (χ1v) is 16.3. The van der Waals surface area contributed by atoms with Gasteiger partial charge in [-0.25, -0.2) is 0 Å². The fraction of sp³-hybridized carbons (Fsp3) is 0.600. The first-order chi connectivity index (χ1) is 19.0. The zero-order valence-electron chi connectivity index (χ0n) is 28.3. The van der Waals surface area contributed by atoms with Crippen LogP contribution in [0.3, 0.4) is 0 Å². The van der Waals surface area contributed by atoms with E-state index in [9.17, 15) is 0 Å². The van der Waals surface area contributed by atoms with Crippen molar-refractivity contribution in [3.8, 4) is 0 Å². The molecule has 3 atom stereocenters. The first kappa shape index (κ1) is 37.9. The number of rotatable bonds is 21. The third-order valence-electron chi connectivity index (χ3n) is 7.38. The van der Waals surface area contributed by atoms with E-state index in [0.29, 0.717) is 17.8 Å². The number of hydrogen-bond donors (Lipinski definition) is 0. The smallest absolute Gasteiger partial charge is 0.00756 e. The Morgan fingerprint density at radius 2 is 1.00 bits per heavy atom. The van der Waals surface area contributed by atoms with Crippen LogP contribution in [0.1, 0.15) is 133 Å². The number of allylic oxidation sites excluding steroid dienone is 16. The highest BCUT2D eigenvalue weighted by Crippen LogP contribution is 2.16. The van der Waals surface area contributed by atoms with Crippen molar-refractivity contribution in [2.24, 2.45) is 23.7 Å². The molecule has 226 valence electrons. The van der Waals surface area contributed by atoms with Crippen LogP contribution in [-0.2, 0) is 0 Å². The second kappa shape index (κ2) is 24.7. The third-order valence-corrected chi connectivity index (χ3v) is 7.38. The Hall–Kier alpha value is -2.08. The van der Waals surface area contributed by atoms with E-state index in [0.717, 1.165) is 31.6 Å². The predicted molar refractivity (Wildman–Crippen MR) is 186 cm³/mol. The largest absolute Gasteiger partial charge is 0.0856 e. The Labute approximate surface area is 251 Å². The minimum atomic E-state index is 0.449. The van der Waals surface area contributed by atoms with E-state index in [1.807, 2.05) is 0 Å². The molecular formula is C40H66. The highest BCUT2D eigenvalue weighted by Gasteiger charge is 2.01. The van der Waals surface area contributed by atoms with Crippen LogP contribution >= 0.6 is 0 Å². The van der Waals surface area contributed by atoms with Gasteiger partial charge < -0.3 is 0 Å². The van der Waals surface area contributed by atoms with Crippen LogP contribution in [0.5, 0.6) is 0 Å². The first-order valence-electron chi connectivity index (χ1n) is 16.3. The van der Waals surface area contributed by atoms with Crippen LogP contribution in [0, 0.1) is 23.7 Å². The van der Waals surface area contributed by atoms with Crippen LogP contribution < -0.4 is 0 Å². The normalized spacial score (nSPS) is 16.2. The molecule has 0 saturated heterocycles. The maximum Gasteiger partial charge on any atom is -0.00756 e. The monoisotopic (exact) mass is 547 g/mol. The second-order valence-corrected chi connectivity index (χ2v) is 13.0. The van der Waals surface area contributed by atoms with Crippen LogP contribution in [0.15, 0.2) is 95.2 Å². The summed E-state index contributed by atoms with van der Waals surface area (Å²) in [6.45, 7) is 22.7. The van der Waals surface area contributed by atoms with Crippen LogP contribution in [0.25, 0.3) is 0 Å². The molecule has 3 unspecified atom stereocenters. The quantitative estimate of drug-likeness (QED) is 0.0991. The van der Waals surface area contributed by atoms with Crippen molar-refractivity contribution >= 4 is 0 Å². The Balaban J connectivity index is 4.22. The summed E-state index contributed by atoms with van der Waals surface area (Å²) in [7, 11) is 0. The Morgan fingerprint density at radius 1 is 0.500 bits per heavy atom. The zero-order valence-corrected chi connectivity index (χ0v) is 28.3. The van der Waals surface area contributed by atoms with Crippen molar-refractivity contribution in [1.29, 1.82) is 0 Å². The van der Waals surface area contributed by atoms with Gasteiger partial charge in [-0.05, 0) is 110 Å². The van der Waals surface area contributed by atoms with Crippen molar-refractivity contribution in [2.75, 3.05) is 0 Å². The van der Waals surface area contributed by atoms with Crippen LogP contribution in [0.2, 0.25) is 0 Å². The molecule has 0 nitrogen and oxygen atoms in total. The molecule has 0 N–H and O–H groups in total. The Bertz CT molecular complexity index is 873. The van der Waals surface area contributed by atoms with Crippen LogP contribution in [0.4, 0.5) is 0 Å². The molecule has 0 heteroatoms. The fourth-order valence-electron chi connectivity index (χ4n) is 4.51. The molecule has 0 radical (unpaired) electrons. The van der Waals surface area contributed by atoms with Gasteiger partial charge in [0, 0.05) is 0 Å². The maximum atomic E-state index is 2.44. The SMILES string of the molecule is CC(C)=CCC/C(C)=C/C=C/C(C)CCCC(C)/C=C/C=C/C(C)/C=C/C=C(\C)CC/C=C(\C)CCCC(C)C. The standard InChI is InChI=1S/C40H66/c1-33(2)19-13-23-37(7)27-17-31-39(9)29-15-25-35(5)21-11-12-22-36(6)26-16-30-40(10)32-18-28-38(8)24-14-20-34(3)4/h11-12,15,18,20-22,25,27-29,32-33,35-36,40H,13-14,16-17,19,23-24,26,30-31H2,1-10H3/b21-11+,22-12+,25-15+,32-18+,37-27+,38-28+,39-29+. The summed E-state index contributed by atoms with van der Waals surface area (Å²) in [6, 6.07) is 0. The minimum Gasteiger partial charge on any atom is -0.0856 e. The lowest BCUT2D eigenvalue weighted by Gasteiger charge is -2.08. The van der Waals surface area contributed by atoms with Gasteiger partial charge in [-0.3, -0.25) is 0 Å². The van der Waals surface area contributed by atoms with Gasteiger partial charge in [-0.2, -0.15) is 0 Å². The lowest BCUT2D eigenvalue weighted by molar-refractivity contribution is 0.530. The zero-order chi connectivity index (χ0) is 30.2. The average Bonchev–Trinajstić information content (AvgIpc) is 2.86. The van der Waals surface area contributed by atoms with E-state index < -0.39 is 0 Å². The molecule has 0 rings (SSSR count). The fourth-order valence-corrected chi connectivity index (χ4v) is 4.51. The summed E-state index contributed by atoms with van der Waals surface area (Å²) >= 11 is 0. The molecule has 0 amide bonds. The molecule has 0 aromatic heterocycles.